The molecule has 350 valence electrons. The Bertz CT molecular complexity index is 2730. The largest absolute Gasteiger partial charge is 0.493 e. The summed E-state index contributed by atoms with van der Waals surface area (Å²) in [5, 5.41) is 0.798. The predicted molar refractivity (Wildman–Crippen MR) is 270 cm³/mol. The first kappa shape index (κ1) is 46.5. The molecule has 6 bridgehead atoms. The highest BCUT2D eigenvalue weighted by molar-refractivity contribution is 7.99. The maximum Gasteiger partial charge on any atom is 0.204 e. The van der Waals surface area contributed by atoms with Crippen LogP contribution in [0.15, 0.2) is 113 Å². The van der Waals surface area contributed by atoms with Crippen molar-refractivity contribution in [2.75, 3.05) is 87.7 Å². The number of hydrogen-bond acceptors (Lipinski definition) is 11. The van der Waals surface area contributed by atoms with E-state index in [1.54, 1.807) is 28.4 Å². The summed E-state index contributed by atoms with van der Waals surface area (Å²) in [6.07, 6.45) is 4.50. The maximum atomic E-state index is 7.03. The van der Waals surface area contributed by atoms with E-state index in [1.165, 1.54) is 43.4 Å². The van der Waals surface area contributed by atoms with Crippen molar-refractivity contribution in [3.05, 3.63) is 142 Å². The highest BCUT2D eigenvalue weighted by Gasteiger charge is 2.35. The van der Waals surface area contributed by atoms with Gasteiger partial charge < -0.3 is 38.2 Å². The minimum Gasteiger partial charge on any atom is -0.493 e. The lowest BCUT2D eigenvalue weighted by Gasteiger charge is -2.37. The summed E-state index contributed by atoms with van der Waals surface area (Å²) in [6, 6.07) is 36.0. The van der Waals surface area contributed by atoms with E-state index in [2.05, 4.69) is 127 Å². The van der Waals surface area contributed by atoms with E-state index < -0.39 is 0 Å². The molecule has 0 saturated carbocycles. The zero-order valence-corrected chi connectivity index (χ0v) is 41.4. The lowest BCUT2D eigenvalue weighted by molar-refractivity contribution is 0.220. The Kier molecular flexibility index (Phi) is 14.1. The molecule has 12 heteroatoms. The molecule has 67 heavy (non-hydrogen) atoms. The Balaban J connectivity index is 0.000000223. The number of nitrogens with zero attached hydrogens (tertiary/aromatic N) is 4. The van der Waals surface area contributed by atoms with Crippen LogP contribution in [0.3, 0.4) is 0 Å². The van der Waals surface area contributed by atoms with Gasteiger partial charge in [-0.05, 0) is 167 Å². The highest BCUT2D eigenvalue weighted by atomic mass is 35.5. The number of rotatable bonds is 8. The average Bonchev–Trinajstić information content (AvgIpc) is 3.33. The second-order valence-electron chi connectivity index (χ2n) is 17.9. The molecule has 0 saturated heterocycles. The molecule has 5 aliphatic heterocycles. The first-order chi connectivity index (χ1) is 32.5. The van der Waals surface area contributed by atoms with E-state index in [-0.39, 0.29) is 12.1 Å². The molecule has 0 spiro atoms. The van der Waals surface area contributed by atoms with Crippen molar-refractivity contribution < 1.29 is 28.4 Å². The molecule has 6 aromatic rings. The summed E-state index contributed by atoms with van der Waals surface area (Å²) in [7, 11) is 15.3. The smallest absolute Gasteiger partial charge is 0.204 e. The van der Waals surface area contributed by atoms with Crippen LogP contribution in [0, 0.1) is 0 Å². The van der Waals surface area contributed by atoms with Crippen LogP contribution in [0.25, 0.3) is 0 Å². The third kappa shape index (κ3) is 9.76. The third-order valence-electron chi connectivity index (χ3n) is 13.4. The topological polar surface area (TPSA) is 68.3 Å². The van der Waals surface area contributed by atoms with E-state index in [0.717, 1.165) is 80.2 Å². The fraction of sp³-hybridized carbons (Fsp3) is 0.345. The number of methoxy groups -OCH3 is 4. The fourth-order valence-electron chi connectivity index (χ4n) is 9.86. The molecule has 0 aromatic heterocycles. The van der Waals surface area contributed by atoms with Gasteiger partial charge in [0.15, 0.2) is 34.5 Å². The Hall–Kier alpha value is -5.56. The van der Waals surface area contributed by atoms with Crippen LogP contribution >= 0.6 is 23.4 Å². The summed E-state index contributed by atoms with van der Waals surface area (Å²) in [4.78, 5) is 12.0. The fourth-order valence-corrected chi connectivity index (χ4v) is 11.1. The van der Waals surface area contributed by atoms with Crippen LogP contribution in [0.1, 0.15) is 51.9 Å². The number of anilines is 2. The third-order valence-corrected chi connectivity index (χ3v) is 14.8. The summed E-state index contributed by atoms with van der Waals surface area (Å²) >= 11 is 8.03. The lowest BCUT2D eigenvalue weighted by Crippen LogP contribution is -2.34. The molecule has 10 nitrogen and oxygen atoms in total. The van der Waals surface area contributed by atoms with E-state index in [4.69, 9.17) is 40.0 Å². The SMILES string of the molecule is CN(C)CCCN1c2ccccc2Sc2ccc(Cl)cc21.COc1ccc2cc1Oc1ccc(cc1)CC1c3cc(c(OC)cc3CCN1C)Oc1c(OC)c(OC)cc3c1C(C2)N(C)CC3. The van der Waals surface area contributed by atoms with Gasteiger partial charge in [0.05, 0.1) is 39.8 Å². The zero-order valence-electron chi connectivity index (χ0n) is 39.9. The summed E-state index contributed by atoms with van der Waals surface area (Å²) < 4.78 is 37.1. The monoisotopic (exact) mass is 940 g/mol. The van der Waals surface area contributed by atoms with Gasteiger partial charge in [-0.25, -0.2) is 0 Å². The molecule has 0 aliphatic carbocycles. The minimum atomic E-state index is 0.000437. The summed E-state index contributed by atoms with van der Waals surface area (Å²) in [6.45, 7) is 3.95. The summed E-state index contributed by atoms with van der Waals surface area (Å²) in [5.74, 6) is 5.41. The quantitative estimate of drug-likeness (QED) is 0.147. The van der Waals surface area contributed by atoms with E-state index in [1.807, 2.05) is 36.0 Å². The van der Waals surface area contributed by atoms with Gasteiger partial charge in [0, 0.05) is 52.1 Å². The number of likely N-dealkylation sites (N-methyl/N-ethyl adjacent to an activating group) is 2. The molecule has 0 fully saturated rings. The summed E-state index contributed by atoms with van der Waals surface area (Å²) in [5.41, 5.74) is 9.67. The van der Waals surface area contributed by atoms with E-state index in [0.29, 0.717) is 40.2 Å². The van der Waals surface area contributed by atoms with Crippen LogP contribution in [0.4, 0.5) is 11.4 Å². The maximum absolute atomic E-state index is 7.03. The Morgan fingerprint density at radius 1 is 0.657 bits per heavy atom. The van der Waals surface area contributed by atoms with Crippen LogP contribution in [0.2, 0.25) is 5.02 Å². The molecule has 2 unspecified atom stereocenters. The molecule has 6 aromatic carbocycles. The first-order valence-electron chi connectivity index (χ1n) is 23.0. The van der Waals surface area contributed by atoms with Crippen molar-refractivity contribution in [1.29, 1.82) is 0 Å². The molecule has 0 N–H and O–H groups in total. The first-order valence-corrected chi connectivity index (χ1v) is 24.2. The van der Waals surface area contributed by atoms with Crippen molar-refractivity contribution in [2.45, 2.75) is 54.0 Å². The Morgan fingerprint density at radius 2 is 1.33 bits per heavy atom. The van der Waals surface area contributed by atoms with Gasteiger partial charge in [-0.1, -0.05) is 53.7 Å². The molecular formula is C55H61ClN4O6S. The normalized spacial score (nSPS) is 17.3. The number of benzene rings is 6. The van der Waals surface area contributed by atoms with E-state index >= 15 is 0 Å². The van der Waals surface area contributed by atoms with Gasteiger partial charge in [0.2, 0.25) is 5.75 Å². The van der Waals surface area contributed by atoms with Crippen LogP contribution in [0.5, 0.6) is 46.0 Å². The molecule has 0 amide bonds. The number of ether oxygens (including phenoxy) is 6. The zero-order chi connectivity index (χ0) is 46.8. The van der Waals surface area contributed by atoms with Gasteiger partial charge in [-0.2, -0.15) is 0 Å². The number of hydrogen-bond donors (Lipinski definition) is 0. The van der Waals surface area contributed by atoms with Crippen molar-refractivity contribution in [3.8, 4) is 46.0 Å². The van der Waals surface area contributed by atoms with Crippen LogP contribution in [-0.4, -0.2) is 97.5 Å². The van der Waals surface area contributed by atoms with Crippen LogP contribution < -0.4 is 33.3 Å². The number of fused-ring (bicyclic) bond motifs is 4. The van der Waals surface area contributed by atoms with Gasteiger partial charge in [0.1, 0.15) is 5.75 Å². The highest BCUT2D eigenvalue weighted by Crippen LogP contribution is 2.53. The van der Waals surface area contributed by atoms with E-state index in [9.17, 15) is 0 Å². The number of halogens is 1. The predicted octanol–water partition coefficient (Wildman–Crippen LogP) is 12.1. The molecule has 0 radical (unpaired) electrons. The number of para-hydroxylation sites is 1. The average molecular weight is 942 g/mol. The molecule has 11 rings (SSSR count). The van der Waals surface area contributed by atoms with Gasteiger partial charge in [-0.3, -0.25) is 9.80 Å². The van der Waals surface area contributed by atoms with Crippen LogP contribution in [-0.2, 0) is 25.7 Å². The molecular weight excluding hydrogens is 880 g/mol. The van der Waals surface area contributed by atoms with Crippen molar-refractivity contribution >= 4 is 34.7 Å². The Labute approximate surface area is 405 Å². The Morgan fingerprint density at radius 3 is 2.07 bits per heavy atom. The second kappa shape index (κ2) is 20.3. The van der Waals surface area contributed by atoms with Crippen molar-refractivity contribution in [2.24, 2.45) is 0 Å². The van der Waals surface area contributed by atoms with Gasteiger partial charge in [-0.15, -0.1) is 0 Å². The van der Waals surface area contributed by atoms with Gasteiger partial charge >= 0.3 is 0 Å². The lowest BCUT2D eigenvalue weighted by atomic mass is 9.87. The molecule has 2 atom stereocenters. The molecule has 5 heterocycles. The van der Waals surface area contributed by atoms with Gasteiger partial charge in [0.25, 0.3) is 0 Å². The standard InChI is InChI=1S/C38H42N2O6.C17H19ClN2S/c1-39-15-13-25-20-32(42-4)34-22-28(25)29(39)17-23-7-10-27(11-8-23)45-33-19-24(9-12-31(33)41-3)18-30-36-26(14-16-40(30)2)21-35(43-5)37(44-6)38(36)46-34;1-19(2)10-5-11-20-14-6-3-4-7-16(14)21-17-9-8-13(18)12-15(17)20/h7-12,19-22,29-30H,13-18H2,1-6H3;3-4,6-9,12H,5,10-11H2,1-2H3. The van der Waals surface area contributed by atoms with Crippen molar-refractivity contribution in [1.82, 2.24) is 14.7 Å². The minimum absolute atomic E-state index is 0.000437. The second-order valence-corrected chi connectivity index (χ2v) is 19.5. The van der Waals surface area contributed by atoms with Crippen molar-refractivity contribution in [3.63, 3.8) is 0 Å². The molecule has 5 aliphatic rings.